The van der Waals surface area contributed by atoms with Crippen LogP contribution in [0.15, 0.2) is 0 Å². The molecule has 1 amide bonds. The molecule has 0 radical (unpaired) electrons. The summed E-state index contributed by atoms with van der Waals surface area (Å²) in [5, 5.41) is 9.54. The zero-order valence-corrected chi connectivity index (χ0v) is 19.1. The lowest BCUT2D eigenvalue weighted by Gasteiger charge is -2.62. The molecule has 5 saturated carbocycles. The first-order valence-corrected chi connectivity index (χ1v) is 13.1. The van der Waals surface area contributed by atoms with E-state index in [0.29, 0.717) is 30.6 Å². The number of nitrogens with two attached hydrogens (primary N) is 2. The number of rotatable bonds is 7. The highest BCUT2D eigenvalue weighted by Gasteiger charge is 2.64. The molecule has 0 spiro atoms. The van der Waals surface area contributed by atoms with Crippen LogP contribution in [0, 0.1) is 34.5 Å². The van der Waals surface area contributed by atoms with E-state index in [1.165, 1.54) is 0 Å². The molecule has 170 valence electrons. The third kappa shape index (κ3) is 3.57. The van der Waals surface area contributed by atoms with Gasteiger partial charge in [0.2, 0.25) is 5.91 Å². The van der Waals surface area contributed by atoms with Crippen molar-refractivity contribution in [3.63, 3.8) is 0 Å². The zero-order valence-electron chi connectivity index (χ0n) is 18.3. The van der Waals surface area contributed by atoms with E-state index in [4.69, 9.17) is 16.2 Å². The van der Waals surface area contributed by atoms with Crippen LogP contribution in [-0.4, -0.2) is 58.6 Å². The number of likely N-dealkylation sites (tertiary alicyclic amines) is 1. The zero-order chi connectivity index (χ0) is 22.0. The molecule has 8 heteroatoms. The Hall–Kier alpha value is -1.30. The summed E-state index contributed by atoms with van der Waals surface area (Å²) >= 11 is 1.67. The monoisotopic (exact) mass is 446 g/mol. The highest BCUT2D eigenvalue weighted by molar-refractivity contribution is 7.98. The van der Waals surface area contributed by atoms with Gasteiger partial charge < -0.3 is 21.1 Å². The maximum absolute atomic E-state index is 13.5. The molecule has 6 fully saturated rings. The maximum Gasteiger partial charge on any atom is 0.323 e. The first-order chi connectivity index (χ1) is 14.8. The maximum atomic E-state index is 13.5. The van der Waals surface area contributed by atoms with Gasteiger partial charge in [0.15, 0.2) is 0 Å². The number of esters is 1. The second kappa shape index (κ2) is 7.64. The van der Waals surface area contributed by atoms with E-state index >= 15 is 0 Å². The van der Waals surface area contributed by atoms with Crippen LogP contribution in [-0.2, 0) is 14.3 Å². The van der Waals surface area contributed by atoms with E-state index in [1.54, 1.807) is 16.7 Å². The topological polar surface area (TPSA) is 122 Å². The number of carbonyl (C=O) groups excluding carboxylic acids is 2. The predicted molar refractivity (Wildman–Crippen MR) is 118 cm³/mol. The molecule has 5 aliphatic carbocycles. The van der Waals surface area contributed by atoms with Crippen molar-refractivity contribution in [3.05, 3.63) is 0 Å². The smallest absolute Gasteiger partial charge is 0.323 e. The summed E-state index contributed by atoms with van der Waals surface area (Å²) < 4.78 is 6.16. The van der Waals surface area contributed by atoms with Gasteiger partial charge in [0.1, 0.15) is 17.7 Å². The summed E-state index contributed by atoms with van der Waals surface area (Å²) in [6.45, 7) is 0. The van der Waals surface area contributed by atoms with Gasteiger partial charge in [-0.15, -0.1) is 0 Å². The number of fused-ring (bicyclic) bond motifs is 1. The Morgan fingerprint density at radius 3 is 2.55 bits per heavy atom. The summed E-state index contributed by atoms with van der Waals surface area (Å²) in [4.78, 5) is 28.1. The average molecular weight is 447 g/mol. The van der Waals surface area contributed by atoms with Gasteiger partial charge >= 0.3 is 5.97 Å². The first kappa shape index (κ1) is 21.5. The molecule has 6 rings (SSSR count). The minimum Gasteiger partial charge on any atom is -0.458 e. The van der Waals surface area contributed by atoms with Gasteiger partial charge in [0, 0.05) is 6.04 Å². The average Bonchev–Trinajstić information content (AvgIpc) is 3.39. The fraction of sp³-hybridized carbons (Fsp3) is 0.870. The molecule has 7 nitrogen and oxygen atoms in total. The van der Waals surface area contributed by atoms with Gasteiger partial charge in [-0.05, 0) is 93.0 Å². The number of nitrogens with zero attached hydrogens (tertiary/aromatic N) is 2. The van der Waals surface area contributed by atoms with Crippen LogP contribution in [0.4, 0.5) is 0 Å². The van der Waals surface area contributed by atoms with Crippen LogP contribution < -0.4 is 11.5 Å². The second-order valence-electron chi connectivity index (χ2n) is 11.0. The minimum absolute atomic E-state index is 0.0587. The number of amides is 1. The van der Waals surface area contributed by atoms with Gasteiger partial charge in [-0.2, -0.15) is 17.0 Å². The van der Waals surface area contributed by atoms with Crippen molar-refractivity contribution in [1.29, 1.82) is 5.26 Å². The Labute approximate surface area is 188 Å². The van der Waals surface area contributed by atoms with Gasteiger partial charge in [-0.25, -0.2) is 0 Å². The normalized spacial score (nSPS) is 43.8. The summed E-state index contributed by atoms with van der Waals surface area (Å²) in [6.07, 6.45) is 9.76. The van der Waals surface area contributed by atoms with Crippen molar-refractivity contribution in [3.8, 4) is 6.07 Å². The van der Waals surface area contributed by atoms with Crippen LogP contribution >= 0.6 is 11.8 Å². The SMILES string of the molecule is CSCC[C@H](N)C(=O)OC12CC3C[C@H](C1)CC([C@H](N)C(=O)N1C4CC4C[C@H]1C#N)(C3)C2. The summed E-state index contributed by atoms with van der Waals surface area (Å²) in [7, 11) is 0. The van der Waals surface area contributed by atoms with Crippen LogP contribution in [0.1, 0.15) is 57.8 Å². The van der Waals surface area contributed by atoms with Crippen molar-refractivity contribution in [2.75, 3.05) is 12.0 Å². The van der Waals surface area contributed by atoms with E-state index in [0.717, 1.165) is 50.7 Å². The summed E-state index contributed by atoms with van der Waals surface area (Å²) in [5.41, 5.74) is 12.0. The molecule has 6 aliphatic rings. The molecule has 31 heavy (non-hydrogen) atoms. The minimum atomic E-state index is -0.628. The Morgan fingerprint density at radius 1 is 1.19 bits per heavy atom. The number of piperidine rings is 1. The number of nitriles is 1. The lowest BCUT2D eigenvalue weighted by Crippen LogP contribution is -2.66. The van der Waals surface area contributed by atoms with E-state index < -0.39 is 17.7 Å². The summed E-state index contributed by atoms with van der Waals surface area (Å²) in [6, 6.07) is 0.957. The van der Waals surface area contributed by atoms with Crippen molar-refractivity contribution in [2.45, 2.75) is 87.6 Å². The van der Waals surface area contributed by atoms with Crippen LogP contribution in [0.5, 0.6) is 0 Å². The van der Waals surface area contributed by atoms with E-state index in [9.17, 15) is 14.9 Å². The Balaban J connectivity index is 1.34. The van der Waals surface area contributed by atoms with Gasteiger partial charge in [0.05, 0.1) is 12.1 Å². The number of carbonyl (C=O) groups is 2. The number of hydrogen-bond donors (Lipinski definition) is 2. The highest BCUT2D eigenvalue weighted by atomic mass is 32.2. The molecule has 5 unspecified atom stereocenters. The molecule has 0 aromatic heterocycles. The fourth-order valence-electron chi connectivity index (χ4n) is 7.69. The van der Waals surface area contributed by atoms with Crippen LogP contribution in [0.2, 0.25) is 0 Å². The molecule has 4 bridgehead atoms. The van der Waals surface area contributed by atoms with E-state index in [1.807, 2.05) is 6.26 Å². The molecule has 0 aromatic rings. The predicted octanol–water partition coefficient (Wildman–Crippen LogP) is 1.79. The molecule has 1 saturated heterocycles. The fourth-order valence-corrected chi connectivity index (χ4v) is 8.18. The standard InChI is InChI=1S/C23H34N4O3S/c1-31-3-2-17(25)21(29)30-23-9-13-4-14(10-23)8-22(7-13,12-23)19(26)20(28)27-16(11-24)5-15-6-18(15)27/h13-19H,2-10,12,25-26H2,1H3/t13-,14?,15?,16-,17-,18?,19+,22?,23?/m0/s1. The summed E-state index contributed by atoms with van der Waals surface area (Å²) in [5.74, 6) is 1.82. The molecular weight excluding hydrogens is 412 g/mol. The Morgan fingerprint density at radius 2 is 1.90 bits per heavy atom. The second-order valence-corrected chi connectivity index (χ2v) is 12.0. The third-order valence-electron chi connectivity index (χ3n) is 8.74. The quantitative estimate of drug-likeness (QED) is 0.572. The number of thioether (sulfide) groups is 1. The van der Waals surface area contributed by atoms with E-state index in [2.05, 4.69) is 6.07 Å². The molecule has 1 heterocycles. The van der Waals surface area contributed by atoms with Crippen LogP contribution in [0.25, 0.3) is 0 Å². The Bertz CT molecular complexity index is 799. The van der Waals surface area contributed by atoms with Crippen molar-refractivity contribution >= 4 is 23.6 Å². The molecular formula is C23H34N4O3S. The van der Waals surface area contributed by atoms with Crippen molar-refractivity contribution in [1.82, 2.24) is 4.90 Å². The lowest BCUT2D eigenvalue weighted by molar-refractivity contribution is -0.207. The number of ether oxygens (including phenoxy) is 1. The van der Waals surface area contributed by atoms with Gasteiger partial charge in [0.25, 0.3) is 0 Å². The van der Waals surface area contributed by atoms with Gasteiger partial charge in [-0.3, -0.25) is 9.59 Å². The van der Waals surface area contributed by atoms with Crippen LogP contribution in [0.3, 0.4) is 0 Å². The highest BCUT2D eigenvalue weighted by Crippen LogP contribution is 2.64. The largest absolute Gasteiger partial charge is 0.458 e. The molecule has 4 N–H and O–H groups in total. The lowest BCUT2D eigenvalue weighted by atomic mass is 9.46. The van der Waals surface area contributed by atoms with E-state index in [-0.39, 0.29) is 29.4 Å². The third-order valence-corrected chi connectivity index (χ3v) is 9.38. The molecule has 1 aliphatic heterocycles. The Kier molecular flexibility index (Phi) is 5.31. The molecule has 9 atom stereocenters. The van der Waals surface area contributed by atoms with Gasteiger partial charge in [-0.1, -0.05) is 0 Å². The molecule has 0 aromatic carbocycles. The van der Waals surface area contributed by atoms with Crippen molar-refractivity contribution < 1.29 is 14.3 Å². The first-order valence-electron chi connectivity index (χ1n) is 11.7. The number of hydrogen-bond acceptors (Lipinski definition) is 7. The van der Waals surface area contributed by atoms with Crippen molar-refractivity contribution in [2.24, 2.45) is 34.6 Å².